The van der Waals surface area contributed by atoms with Crippen LogP contribution >= 0.6 is 0 Å². The average Bonchev–Trinajstić information content (AvgIpc) is 2.86. The zero-order valence-corrected chi connectivity index (χ0v) is 11.3. The molecule has 1 atom stereocenters. The van der Waals surface area contributed by atoms with Crippen LogP contribution in [0.5, 0.6) is 11.5 Å². The Kier molecular flexibility index (Phi) is 4.03. The van der Waals surface area contributed by atoms with Gasteiger partial charge in [0, 0.05) is 13.2 Å². The van der Waals surface area contributed by atoms with Crippen molar-refractivity contribution in [1.82, 2.24) is 15.2 Å². The van der Waals surface area contributed by atoms with E-state index in [-0.39, 0.29) is 6.04 Å². The number of benzene rings is 1. The van der Waals surface area contributed by atoms with E-state index >= 15 is 0 Å². The fourth-order valence-electron chi connectivity index (χ4n) is 2.15. The molecule has 0 aliphatic rings. The smallest absolute Gasteiger partial charge is 0.127 e. The van der Waals surface area contributed by atoms with Gasteiger partial charge in [-0.15, -0.1) is 0 Å². The van der Waals surface area contributed by atoms with Crippen LogP contribution in [0, 0.1) is 0 Å². The van der Waals surface area contributed by atoms with Gasteiger partial charge >= 0.3 is 0 Å². The summed E-state index contributed by atoms with van der Waals surface area (Å²) in [5.74, 6) is 7.13. The third-order valence-electron chi connectivity index (χ3n) is 3.08. The van der Waals surface area contributed by atoms with Gasteiger partial charge in [0.05, 0.1) is 31.5 Å². The number of nitrogens with one attached hydrogen (secondary N) is 1. The number of aryl methyl sites for hydroxylation is 1. The first-order chi connectivity index (χ1) is 9.22. The van der Waals surface area contributed by atoms with Gasteiger partial charge in [-0.25, -0.2) is 5.43 Å². The molecule has 102 valence electrons. The Hall–Kier alpha value is -2.05. The third kappa shape index (κ3) is 2.40. The van der Waals surface area contributed by atoms with Crippen molar-refractivity contribution in [2.24, 2.45) is 12.9 Å². The molecule has 2 rings (SSSR count). The molecule has 0 bridgehead atoms. The van der Waals surface area contributed by atoms with Crippen LogP contribution in [0.1, 0.15) is 17.3 Å². The Morgan fingerprint density at radius 3 is 2.26 bits per heavy atom. The molecule has 1 aromatic carbocycles. The van der Waals surface area contributed by atoms with Crippen molar-refractivity contribution in [2.75, 3.05) is 14.2 Å². The van der Waals surface area contributed by atoms with Gasteiger partial charge in [0.1, 0.15) is 11.5 Å². The van der Waals surface area contributed by atoms with Crippen molar-refractivity contribution < 1.29 is 9.47 Å². The Morgan fingerprint density at radius 1 is 1.21 bits per heavy atom. The maximum atomic E-state index is 5.71. The lowest BCUT2D eigenvalue weighted by Gasteiger charge is -2.21. The lowest BCUT2D eigenvalue weighted by molar-refractivity contribution is 0.375. The quantitative estimate of drug-likeness (QED) is 0.621. The largest absolute Gasteiger partial charge is 0.496 e. The molecule has 6 nitrogen and oxygen atoms in total. The Bertz CT molecular complexity index is 531. The number of hydrogen-bond donors (Lipinski definition) is 2. The molecule has 6 heteroatoms. The summed E-state index contributed by atoms with van der Waals surface area (Å²) >= 11 is 0. The van der Waals surface area contributed by atoms with Crippen molar-refractivity contribution in [3.05, 3.63) is 41.7 Å². The summed E-state index contributed by atoms with van der Waals surface area (Å²) in [5, 5.41) is 4.16. The molecular weight excluding hydrogens is 244 g/mol. The summed E-state index contributed by atoms with van der Waals surface area (Å²) < 4.78 is 12.6. The first-order valence-electron chi connectivity index (χ1n) is 5.87. The molecule has 0 saturated carbocycles. The minimum Gasteiger partial charge on any atom is -0.496 e. The third-order valence-corrected chi connectivity index (χ3v) is 3.08. The molecule has 1 unspecified atom stereocenters. The van der Waals surface area contributed by atoms with Gasteiger partial charge in [0.15, 0.2) is 0 Å². The van der Waals surface area contributed by atoms with E-state index in [1.165, 1.54) is 0 Å². The lowest BCUT2D eigenvalue weighted by Crippen LogP contribution is -2.31. The predicted octanol–water partition coefficient (Wildman–Crippen LogP) is 0.990. The van der Waals surface area contributed by atoms with Crippen LogP contribution < -0.4 is 20.7 Å². The molecule has 0 amide bonds. The zero-order chi connectivity index (χ0) is 13.8. The molecule has 19 heavy (non-hydrogen) atoms. The van der Waals surface area contributed by atoms with Gasteiger partial charge in [-0.2, -0.15) is 5.10 Å². The highest BCUT2D eigenvalue weighted by Gasteiger charge is 2.23. The van der Waals surface area contributed by atoms with E-state index in [1.807, 2.05) is 31.3 Å². The van der Waals surface area contributed by atoms with Crippen LogP contribution in [0.2, 0.25) is 0 Å². The van der Waals surface area contributed by atoms with Crippen molar-refractivity contribution in [2.45, 2.75) is 6.04 Å². The second kappa shape index (κ2) is 5.73. The zero-order valence-electron chi connectivity index (χ0n) is 11.3. The topological polar surface area (TPSA) is 74.3 Å². The number of ether oxygens (including phenoxy) is 2. The first kappa shape index (κ1) is 13.4. The Labute approximate surface area is 112 Å². The normalized spacial score (nSPS) is 12.2. The van der Waals surface area contributed by atoms with Crippen LogP contribution in [-0.4, -0.2) is 24.0 Å². The van der Waals surface area contributed by atoms with Gasteiger partial charge in [0.2, 0.25) is 0 Å². The van der Waals surface area contributed by atoms with E-state index in [0.717, 1.165) is 11.3 Å². The standard InChI is InChI=1S/C13H18N4O2/c1-17-9(7-8-15-17)13(16-14)12-10(18-2)5-4-6-11(12)19-3/h4-8,13,16H,14H2,1-3H3. The lowest BCUT2D eigenvalue weighted by atomic mass is 10.0. The molecule has 0 aliphatic heterocycles. The highest BCUT2D eigenvalue weighted by atomic mass is 16.5. The maximum absolute atomic E-state index is 5.71. The number of methoxy groups -OCH3 is 2. The van der Waals surface area contributed by atoms with E-state index in [4.69, 9.17) is 15.3 Å². The second-order valence-electron chi connectivity index (χ2n) is 4.06. The van der Waals surface area contributed by atoms with E-state index in [9.17, 15) is 0 Å². The highest BCUT2D eigenvalue weighted by Crippen LogP contribution is 2.36. The summed E-state index contributed by atoms with van der Waals surface area (Å²) in [7, 11) is 5.10. The van der Waals surface area contributed by atoms with E-state index in [2.05, 4.69) is 10.5 Å². The van der Waals surface area contributed by atoms with Crippen LogP contribution in [-0.2, 0) is 7.05 Å². The fourth-order valence-corrected chi connectivity index (χ4v) is 2.15. The van der Waals surface area contributed by atoms with E-state index < -0.39 is 0 Å². The first-order valence-corrected chi connectivity index (χ1v) is 5.87. The summed E-state index contributed by atoms with van der Waals surface area (Å²) in [6, 6.07) is 7.25. The number of aromatic nitrogens is 2. The molecule has 1 aromatic heterocycles. The van der Waals surface area contributed by atoms with Gasteiger partial charge < -0.3 is 9.47 Å². The highest BCUT2D eigenvalue weighted by molar-refractivity contribution is 5.49. The minimum absolute atomic E-state index is 0.265. The van der Waals surface area contributed by atoms with Gasteiger partial charge in [0.25, 0.3) is 0 Å². The average molecular weight is 262 g/mol. The Morgan fingerprint density at radius 2 is 1.84 bits per heavy atom. The fraction of sp³-hybridized carbons (Fsp3) is 0.308. The predicted molar refractivity (Wildman–Crippen MR) is 71.9 cm³/mol. The molecular formula is C13H18N4O2. The number of hydrazine groups is 1. The minimum atomic E-state index is -0.265. The van der Waals surface area contributed by atoms with Crippen molar-refractivity contribution in [1.29, 1.82) is 0 Å². The number of nitrogens with zero attached hydrogens (tertiary/aromatic N) is 2. The van der Waals surface area contributed by atoms with Crippen LogP contribution in [0.25, 0.3) is 0 Å². The van der Waals surface area contributed by atoms with Gasteiger partial charge in [-0.1, -0.05) is 6.07 Å². The second-order valence-corrected chi connectivity index (χ2v) is 4.06. The summed E-state index contributed by atoms with van der Waals surface area (Å²) in [5.41, 5.74) is 4.56. The molecule has 0 radical (unpaired) electrons. The number of nitrogens with two attached hydrogens (primary N) is 1. The van der Waals surface area contributed by atoms with Crippen molar-refractivity contribution >= 4 is 0 Å². The van der Waals surface area contributed by atoms with E-state index in [1.54, 1.807) is 25.1 Å². The molecule has 0 aliphatic carbocycles. The molecule has 3 N–H and O–H groups in total. The molecule has 0 fully saturated rings. The number of rotatable bonds is 5. The van der Waals surface area contributed by atoms with Crippen LogP contribution in [0.3, 0.4) is 0 Å². The SMILES string of the molecule is COc1cccc(OC)c1C(NN)c1ccnn1C. The Balaban J connectivity index is 2.57. The summed E-state index contributed by atoms with van der Waals surface area (Å²) in [6.45, 7) is 0. The molecule has 1 heterocycles. The van der Waals surface area contributed by atoms with Gasteiger partial charge in [-0.05, 0) is 18.2 Å². The summed E-state index contributed by atoms with van der Waals surface area (Å²) in [4.78, 5) is 0. The van der Waals surface area contributed by atoms with Gasteiger partial charge in [-0.3, -0.25) is 10.5 Å². The van der Waals surface area contributed by atoms with Crippen molar-refractivity contribution in [3.63, 3.8) is 0 Å². The van der Waals surface area contributed by atoms with E-state index in [0.29, 0.717) is 11.5 Å². The van der Waals surface area contributed by atoms with Crippen LogP contribution in [0.4, 0.5) is 0 Å². The maximum Gasteiger partial charge on any atom is 0.127 e. The monoisotopic (exact) mass is 262 g/mol. The van der Waals surface area contributed by atoms with Crippen molar-refractivity contribution in [3.8, 4) is 11.5 Å². The number of hydrogen-bond acceptors (Lipinski definition) is 5. The molecule has 0 spiro atoms. The molecule has 0 saturated heterocycles. The molecule has 2 aromatic rings. The summed E-state index contributed by atoms with van der Waals surface area (Å²) in [6.07, 6.45) is 1.72. The van der Waals surface area contributed by atoms with Crippen LogP contribution in [0.15, 0.2) is 30.5 Å².